The molecular weight excluding hydrogens is 306 g/mol. The van der Waals surface area contributed by atoms with Crippen LogP contribution in [-0.2, 0) is 9.63 Å². The first-order valence-electron chi connectivity index (χ1n) is 4.83. The molecule has 3 amide bonds. The van der Waals surface area contributed by atoms with Crippen molar-refractivity contribution in [3.63, 3.8) is 0 Å². The molecule has 7 nitrogen and oxygen atoms in total. The van der Waals surface area contributed by atoms with Crippen LogP contribution in [0.15, 0.2) is 22.7 Å². The van der Waals surface area contributed by atoms with Crippen molar-refractivity contribution in [1.82, 2.24) is 5.48 Å². The van der Waals surface area contributed by atoms with E-state index < -0.39 is 18.5 Å². The fourth-order valence-corrected chi connectivity index (χ4v) is 1.46. The number of rotatable bonds is 5. The Morgan fingerprint density at radius 3 is 2.78 bits per heavy atom. The van der Waals surface area contributed by atoms with Gasteiger partial charge in [-0.15, -0.1) is 0 Å². The highest BCUT2D eigenvalue weighted by molar-refractivity contribution is 9.10. The molecule has 0 heterocycles. The molecule has 0 aromatic heterocycles. The Morgan fingerprint density at radius 1 is 1.44 bits per heavy atom. The third-order valence-electron chi connectivity index (χ3n) is 1.79. The molecule has 0 unspecified atom stereocenters. The van der Waals surface area contributed by atoms with Crippen LogP contribution >= 0.6 is 15.9 Å². The van der Waals surface area contributed by atoms with Gasteiger partial charge in [-0.1, -0.05) is 15.9 Å². The van der Waals surface area contributed by atoms with Gasteiger partial charge in [0, 0.05) is 4.47 Å². The maximum Gasteiger partial charge on any atom is 0.343 e. The van der Waals surface area contributed by atoms with Gasteiger partial charge in [0.1, 0.15) is 5.75 Å². The topological polar surface area (TPSA) is 103 Å². The molecule has 0 radical (unpaired) electrons. The van der Waals surface area contributed by atoms with Gasteiger partial charge in [-0.05, 0) is 18.2 Å². The molecular formula is C10H12BrN3O4. The first kappa shape index (κ1) is 14.3. The van der Waals surface area contributed by atoms with Gasteiger partial charge in [-0.25, -0.2) is 10.3 Å². The summed E-state index contributed by atoms with van der Waals surface area (Å²) in [7, 11) is 1.48. The number of ether oxygens (including phenoxy) is 1. The molecule has 0 spiro atoms. The van der Waals surface area contributed by atoms with Gasteiger partial charge in [0.05, 0.1) is 12.8 Å². The predicted molar refractivity (Wildman–Crippen MR) is 68.0 cm³/mol. The molecule has 0 saturated carbocycles. The molecule has 0 bridgehead atoms. The van der Waals surface area contributed by atoms with E-state index in [0.717, 1.165) is 4.47 Å². The highest BCUT2D eigenvalue weighted by Gasteiger charge is 2.08. The van der Waals surface area contributed by atoms with Crippen LogP contribution in [0.3, 0.4) is 0 Å². The van der Waals surface area contributed by atoms with Gasteiger partial charge in [0.25, 0.3) is 0 Å². The maximum atomic E-state index is 11.4. The van der Waals surface area contributed by atoms with Gasteiger partial charge in [-0.2, -0.15) is 0 Å². The molecule has 1 aromatic rings. The third-order valence-corrected chi connectivity index (χ3v) is 2.28. The largest absolute Gasteiger partial charge is 0.495 e. The lowest BCUT2D eigenvalue weighted by molar-refractivity contribution is -0.124. The average molecular weight is 318 g/mol. The van der Waals surface area contributed by atoms with Crippen LogP contribution in [0.2, 0.25) is 0 Å². The second kappa shape index (κ2) is 6.82. The Bertz CT molecular complexity index is 453. The number of carbonyl (C=O) groups excluding carboxylic acids is 2. The number of primary amides is 1. The number of amides is 3. The van der Waals surface area contributed by atoms with Gasteiger partial charge in [-0.3, -0.25) is 9.63 Å². The zero-order chi connectivity index (χ0) is 13.5. The molecule has 0 fully saturated rings. The fourth-order valence-electron chi connectivity index (χ4n) is 1.10. The van der Waals surface area contributed by atoms with E-state index in [1.165, 1.54) is 7.11 Å². The van der Waals surface area contributed by atoms with Crippen molar-refractivity contribution in [3.05, 3.63) is 22.7 Å². The summed E-state index contributed by atoms with van der Waals surface area (Å²) in [6.07, 6.45) is 0. The summed E-state index contributed by atoms with van der Waals surface area (Å²) in [5.74, 6) is -0.196. The number of urea groups is 1. The standard InChI is InChI=1S/C10H12BrN3O4/c1-17-8-3-2-6(11)4-7(8)13-10(16)14-18-5-9(12)15/h2-4H,5H2,1H3,(H2,12,15)(H2,13,14,16). The van der Waals surface area contributed by atoms with Crippen LogP contribution in [0.1, 0.15) is 0 Å². The van der Waals surface area contributed by atoms with Gasteiger partial charge in [0.2, 0.25) is 5.91 Å². The summed E-state index contributed by atoms with van der Waals surface area (Å²) in [6, 6.07) is 4.47. The van der Waals surface area contributed by atoms with E-state index in [1.807, 2.05) is 5.48 Å². The number of halogens is 1. The Labute approximate surface area is 112 Å². The molecule has 98 valence electrons. The highest BCUT2D eigenvalue weighted by atomic mass is 79.9. The van der Waals surface area contributed by atoms with Gasteiger partial charge in [0.15, 0.2) is 6.61 Å². The summed E-state index contributed by atoms with van der Waals surface area (Å²) < 4.78 is 5.84. The number of hydrogen-bond acceptors (Lipinski definition) is 4. The Hall–Kier alpha value is -1.80. The number of carbonyl (C=O) groups is 2. The zero-order valence-electron chi connectivity index (χ0n) is 9.53. The lowest BCUT2D eigenvalue weighted by atomic mass is 10.3. The van der Waals surface area contributed by atoms with Gasteiger partial charge >= 0.3 is 6.03 Å². The number of benzene rings is 1. The SMILES string of the molecule is COc1ccc(Br)cc1NC(=O)NOCC(N)=O. The number of methoxy groups -OCH3 is 1. The van der Waals surface area contributed by atoms with Crippen LogP contribution in [0.5, 0.6) is 5.75 Å². The molecule has 18 heavy (non-hydrogen) atoms. The van der Waals surface area contributed by atoms with E-state index in [1.54, 1.807) is 18.2 Å². The minimum atomic E-state index is -0.685. The van der Waals surface area contributed by atoms with E-state index in [4.69, 9.17) is 10.5 Å². The van der Waals surface area contributed by atoms with E-state index in [9.17, 15) is 9.59 Å². The summed E-state index contributed by atoms with van der Waals surface area (Å²) in [6.45, 7) is -0.400. The number of nitrogens with one attached hydrogen (secondary N) is 2. The van der Waals surface area contributed by atoms with Crippen LogP contribution in [0.4, 0.5) is 10.5 Å². The molecule has 1 aromatic carbocycles. The van der Waals surface area contributed by atoms with Crippen LogP contribution in [0, 0.1) is 0 Å². The Balaban J connectivity index is 2.58. The molecule has 8 heteroatoms. The number of hydroxylamine groups is 1. The predicted octanol–water partition coefficient (Wildman–Crippen LogP) is 0.996. The summed E-state index contributed by atoms with van der Waals surface area (Å²) in [4.78, 5) is 26.3. The number of hydrogen-bond donors (Lipinski definition) is 3. The molecule has 0 aliphatic rings. The van der Waals surface area contributed by atoms with Crippen molar-refractivity contribution in [2.45, 2.75) is 0 Å². The third kappa shape index (κ3) is 4.60. The van der Waals surface area contributed by atoms with Crippen molar-refractivity contribution in [3.8, 4) is 5.75 Å². The first-order chi connectivity index (χ1) is 8.52. The molecule has 0 aliphatic heterocycles. The average Bonchev–Trinajstić information content (AvgIpc) is 2.28. The molecule has 1 rings (SSSR count). The minimum absolute atomic E-state index is 0.400. The maximum absolute atomic E-state index is 11.4. The summed E-state index contributed by atoms with van der Waals surface area (Å²) >= 11 is 3.27. The van der Waals surface area contributed by atoms with E-state index >= 15 is 0 Å². The van der Waals surface area contributed by atoms with Crippen LogP contribution in [0.25, 0.3) is 0 Å². The van der Waals surface area contributed by atoms with E-state index in [0.29, 0.717) is 11.4 Å². The second-order valence-corrected chi connectivity index (χ2v) is 4.07. The quantitative estimate of drug-likeness (QED) is 0.705. The van der Waals surface area contributed by atoms with Crippen LogP contribution < -0.4 is 21.3 Å². The van der Waals surface area contributed by atoms with E-state index in [2.05, 4.69) is 26.1 Å². The van der Waals surface area contributed by atoms with Crippen molar-refractivity contribution >= 4 is 33.6 Å². The molecule has 0 saturated heterocycles. The Morgan fingerprint density at radius 2 is 2.17 bits per heavy atom. The zero-order valence-corrected chi connectivity index (χ0v) is 11.1. The van der Waals surface area contributed by atoms with E-state index in [-0.39, 0.29) is 0 Å². The fraction of sp³-hybridized carbons (Fsp3) is 0.200. The second-order valence-electron chi connectivity index (χ2n) is 3.16. The first-order valence-corrected chi connectivity index (χ1v) is 5.63. The molecule has 4 N–H and O–H groups in total. The Kier molecular flexibility index (Phi) is 5.40. The summed E-state index contributed by atoms with van der Waals surface area (Å²) in [5.41, 5.74) is 7.30. The normalized spacial score (nSPS) is 9.67. The smallest absolute Gasteiger partial charge is 0.343 e. The van der Waals surface area contributed by atoms with Crippen molar-refractivity contribution in [2.75, 3.05) is 19.0 Å². The monoisotopic (exact) mass is 317 g/mol. The summed E-state index contributed by atoms with van der Waals surface area (Å²) in [5, 5.41) is 2.49. The lowest BCUT2D eigenvalue weighted by Gasteiger charge is -2.11. The number of nitrogens with two attached hydrogens (primary N) is 1. The highest BCUT2D eigenvalue weighted by Crippen LogP contribution is 2.27. The van der Waals surface area contributed by atoms with Crippen LogP contribution in [-0.4, -0.2) is 25.7 Å². The van der Waals surface area contributed by atoms with Crippen molar-refractivity contribution < 1.29 is 19.2 Å². The lowest BCUT2D eigenvalue weighted by Crippen LogP contribution is -2.32. The number of anilines is 1. The van der Waals surface area contributed by atoms with Crippen molar-refractivity contribution in [2.24, 2.45) is 5.73 Å². The van der Waals surface area contributed by atoms with Gasteiger partial charge < -0.3 is 15.8 Å². The molecule has 0 aliphatic carbocycles. The minimum Gasteiger partial charge on any atom is -0.495 e. The van der Waals surface area contributed by atoms with Crippen molar-refractivity contribution in [1.29, 1.82) is 0 Å². The molecule has 0 atom stereocenters.